The Bertz CT molecular complexity index is 238. The minimum Gasteiger partial charge on any atom is -0.0812 e. The van der Waals surface area contributed by atoms with Crippen LogP contribution in [0.4, 0.5) is 0 Å². The van der Waals surface area contributed by atoms with E-state index in [2.05, 4.69) is 45.6 Å². The van der Waals surface area contributed by atoms with E-state index in [-0.39, 0.29) is 0 Å². The molecule has 0 aromatic carbocycles. The quantitative estimate of drug-likeness (QED) is 0.592. The lowest BCUT2D eigenvalue weighted by Crippen LogP contribution is -2.21. The van der Waals surface area contributed by atoms with Crippen molar-refractivity contribution in [1.29, 1.82) is 0 Å². The Labute approximate surface area is 83.7 Å². The summed E-state index contributed by atoms with van der Waals surface area (Å²) < 4.78 is 0. The molecule has 0 spiro atoms. The van der Waals surface area contributed by atoms with E-state index in [1.165, 1.54) is 12.8 Å². The van der Waals surface area contributed by atoms with Crippen molar-refractivity contribution < 1.29 is 0 Å². The topological polar surface area (TPSA) is 0 Å². The van der Waals surface area contributed by atoms with Crippen molar-refractivity contribution >= 4 is 8.07 Å². The van der Waals surface area contributed by atoms with E-state index in [0.717, 1.165) is 5.92 Å². The zero-order chi connectivity index (χ0) is 10.1. The van der Waals surface area contributed by atoms with Gasteiger partial charge in [0.05, 0.1) is 8.07 Å². The number of hydrogen-bond acceptors (Lipinski definition) is 0. The van der Waals surface area contributed by atoms with Gasteiger partial charge in [-0.2, -0.15) is 0 Å². The van der Waals surface area contributed by atoms with Gasteiger partial charge in [0.25, 0.3) is 0 Å². The van der Waals surface area contributed by atoms with Crippen LogP contribution in [0.1, 0.15) is 26.7 Å². The van der Waals surface area contributed by atoms with Gasteiger partial charge < -0.3 is 0 Å². The molecular formula is C12H22Si. The molecule has 74 valence electrons. The van der Waals surface area contributed by atoms with Gasteiger partial charge in [-0.3, -0.25) is 0 Å². The first-order chi connectivity index (χ1) is 5.89. The minimum absolute atomic E-state index is 0.806. The Morgan fingerprint density at radius 3 is 2.31 bits per heavy atom. The van der Waals surface area contributed by atoms with Gasteiger partial charge in [0.1, 0.15) is 0 Å². The molecule has 1 rings (SSSR count). The van der Waals surface area contributed by atoms with Crippen molar-refractivity contribution in [2.75, 3.05) is 0 Å². The van der Waals surface area contributed by atoms with Crippen LogP contribution in [0, 0.1) is 5.92 Å². The Hall–Kier alpha value is -0.303. The minimum atomic E-state index is -1.03. The molecule has 13 heavy (non-hydrogen) atoms. The monoisotopic (exact) mass is 194 g/mol. The summed E-state index contributed by atoms with van der Waals surface area (Å²) >= 11 is 0. The van der Waals surface area contributed by atoms with Crippen LogP contribution in [0.15, 0.2) is 22.9 Å². The zero-order valence-electron chi connectivity index (χ0n) is 9.65. The molecule has 0 radical (unpaired) electrons. The van der Waals surface area contributed by atoms with Gasteiger partial charge in [-0.1, -0.05) is 56.4 Å². The second-order valence-corrected chi connectivity index (χ2v) is 10.6. The lowest BCUT2D eigenvalue weighted by Gasteiger charge is -2.15. The van der Waals surface area contributed by atoms with E-state index < -0.39 is 8.07 Å². The van der Waals surface area contributed by atoms with Crippen molar-refractivity contribution in [3.63, 3.8) is 0 Å². The molecule has 0 aromatic heterocycles. The molecular weight excluding hydrogens is 172 g/mol. The highest BCUT2D eigenvalue weighted by Crippen LogP contribution is 2.28. The van der Waals surface area contributed by atoms with Gasteiger partial charge >= 0.3 is 0 Å². The van der Waals surface area contributed by atoms with Crippen LogP contribution in [0.5, 0.6) is 0 Å². The third-order valence-electron chi connectivity index (χ3n) is 2.48. The lowest BCUT2D eigenvalue weighted by atomic mass is 10.0. The van der Waals surface area contributed by atoms with Crippen molar-refractivity contribution in [3.05, 3.63) is 22.9 Å². The largest absolute Gasteiger partial charge is 0.0812 e. The zero-order valence-corrected chi connectivity index (χ0v) is 10.6. The van der Waals surface area contributed by atoms with Crippen LogP contribution >= 0.6 is 0 Å². The number of hydrogen-bond donors (Lipinski definition) is 0. The maximum absolute atomic E-state index is 2.46. The second kappa shape index (κ2) is 3.83. The maximum Gasteiger partial charge on any atom is 0.0771 e. The van der Waals surface area contributed by atoms with Crippen LogP contribution in [-0.4, -0.2) is 8.07 Å². The Morgan fingerprint density at radius 2 is 1.92 bits per heavy atom. The highest BCUT2D eigenvalue weighted by Gasteiger charge is 2.21. The molecule has 1 heteroatoms. The van der Waals surface area contributed by atoms with Crippen molar-refractivity contribution in [3.8, 4) is 0 Å². The fraction of sp³-hybridized carbons (Fsp3) is 0.667. The summed E-state index contributed by atoms with van der Waals surface area (Å²) in [6, 6.07) is 0. The first kappa shape index (κ1) is 10.8. The van der Waals surface area contributed by atoms with Gasteiger partial charge in [0.2, 0.25) is 0 Å². The molecule has 0 bridgehead atoms. The van der Waals surface area contributed by atoms with Gasteiger partial charge in [-0.05, 0) is 18.8 Å². The Morgan fingerprint density at radius 1 is 1.31 bits per heavy atom. The average molecular weight is 194 g/mol. The third kappa shape index (κ3) is 3.15. The average Bonchev–Trinajstić information content (AvgIpc) is 2.32. The van der Waals surface area contributed by atoms with Crippen LogP contribution in [0.25, 0.3) is 0 Å². The van der Waals surface area contributed by atoms with E-state index in [1.807, 2.05) is 0 Å². The molecule has 0 heterocycles. The molecule has 0 fully saturated rings. The standard InChI is InChI=1S/C12H22Si/c1-10(2)8-11-6-7-12(9-11)13(3,4)5/h7,9-10H,6,8H2,1-5H3. The van der Waals surface area contributed by atoms with Crippen LogP contribution < -0.4 is 0 Å². The summed E-state index contributed by atoms with van der Waals surface area (Å²) in [4.78, 5) is 0. The van der Waals surface area contributed by atoms with Crippen LogP contribution in [-0.2, 0) is 0 Å². The fourth-order valence-corrected chi connectivity index (χ4v) is 3.12. The van der Waals surface area contributed by atoms with Gasteiger partial charge in [-0.25, -0.2) is 0 Å². The van der Waals surface area contributed by atoms with Crippen LogP contribution in [0.3, 0.4) is 0 Å². The Kier molecular flexibility index (Phi) is 3.17. The second-order valence-electron chi connectivity index (χ2n) is 5.51. The molecule has 0 N–H and O–H groups in total. The summed E-state index contributed by atoms with van der Waals surface area (Å²) in [5, 5.41) is 1.66. The molecule has 1 aliphatic carbocycles. The number of allylic oxidation sites excluding steroid dienone is 4. The molecule has 0 aliphatic heterocycles. The normalized spacial score (nSPS) is 17.7. The van der Waals surface area contributed by atoms with E-state index in [0.29, 0.717) is 0 Å². The molecule has 0 saturated carbocycles. The van der Waals surface area contributed by atoms with E-state index in [4.69, 9.17) is 0 Å². The molecule has 0 amide bonds. The van der Waals surface area contributed by atoms with E-state index >= 15 is 0 Å². The van der Waals surface area contributed by atoms with Crippen LogP contribution in [0.2, 0.25) is 19.6 Å². The van der Waals surface area contributed by atoms with Crippen molar-refractivity contribution in [2.24, 2.45) is 5.92 Å². The molecule has 0 atom stereocenters. The van der Waals surface area contributed by atoms with Crippen molar-refractivity contribution in [1.82, 2.24) is 0 Å². The summed E-state index contributed by atoms with van der Waals surface area (Å²) in [7, 11) is -1.03. The number of rotatable bonds is 3. The molecule has 0 aromatic rings. The first-order valence-corrected chi connectivity index (χ1v) is 8.79. The van der Waals surface area contributed by atoms with E-state index in [9.17, 15) is 0 Å². The summed E-state index contributed by atoms with van der Waals surface area (Å²) in [6.45, 7) is 11.9. The summed E-state index contributed by atoms with van der Waals surface area (Å²) in [5.41, 5.74) is 1.65. The molecule has 1 aliphatic rings. The van der Waals surface area contributed by atoms with E-state index in [1.54, 1.807) is 10.8 Å². The molecule has 0 unspecified atom stereocenters. The molecule has 0 saturated heterocycles. The fourth-order valence-electron chi connectivity index (χ4n) is 1.77. The predicted octanol–water partition coefficient (Wildman–Crippen LogP) is 4.17. The highest BCUT2D eigenvalue weighted by atomic mass is 28.3. The SMILES string of the molecule is CC(C)CC1=CC([Si](C)(C)C)=CC1. The third-order valence-corrected chi connectivity index (χ3v) is 4.56. The smallest absolute Gasteiger partial charge is 0.0771 e. The van der Waals surface area contributed by atoms with Gasteiger partial charge in [0, 0.05) is 0 Å². The lowest BCUT2D eigenvalue weighted by molar-refractivity contribution is 0.637. The first-order valence-electron chi connectivity index (χ1n) is 5.29. The summed E-state index contributed by atoms with van der Waals surface area (Å²) in [5.74, 6) is 0.806. The predicted molar refractivity (Wildman–Crippen MR) is 63.6 cm³/mol. The maximum atomic E-state index is 2.46. The Balaban J connectivity index is 2.61. The molecule has 0 nitrogen and oxygen atoms in total. The summed E-state index contributed by atoms with van der Waals surface area (Å²) in [6.07, 6.45) is 7.42. The highest BCUT2D eigenvalue weighted by molar-refractivity contribution is 6.83. The van der Waals surface area contributed by atoms with Gasteiger partial charge in [0.15, 0.2) is 0 Å². The van der Waals surface area contributed by atoms with Crippen molar-refractivity contribution in [2.45, 2.75) is 46.3 Å². The van der Waals surface area contributed by atoms with Gasteiger partial charge in [-0.15, -0.1) is 0 Å².